The highest BCUT2D eigenvalue weighted by Gasteiger charge is 2.14. The van der Waals surface area contributed by atoms with Crippen LogP contribution in [0.3, 0.4) is 0 Å². The molecule has 0 bridgehead atoms. The van der Waals surface area contributed by atoms with E-state index >= 15 is 0 Å². The van der Waals surface area contributed by atoms with E-state index in [4.69, 9.17) is 4.74 Å². The standard InChI is InChI=1S/C20H26N2O3/c1-14(2)12-16-7-9-17(10-8-16)15(3)21-19(23)13-25-20(24)18-6-5-11-22(18)4/h5-11,14-15H,12-13H2,1-4H3,(H,21,23)/t15-/m0/s1. The van der Waals surface area contributed by atoms with E-state index in [1.807, 2.05) is 19.1 Å². The second-order valence-electron chi connectivity index (χ2n) is 6.71. The summed E-state index contributed by atoms with van der Waals surface area (Å²) in [6.45, 7) is 6.00. The molecule has 0 aliphatic heterocycles. The van der Waals surface area contributed by atoms with Gasteiger partial charge in [0.25, 0.3) is 5.91 Å². The minimum absolute atomic E-state index is 0.144. The smallest absolute Gasteiger partial charge is 0.355 e. The van der Waals surface area contributed by atoms with Gasteiger partial charge in [-0.1, -0.05) is 38.1 Å². The van der Waals surface area contributed by atoms with Crippen LogP contribution in [0.5, 0.6) is 0 Å². The highest BCUT2D eigenvalue weighted by Crippen LogP contribution is 2.15. The van der Waals surface area contributed by atoms with Gasteiger partial charge in [-0.05, 0) is 42.5 Å². The van der Waals surface area contributed by atoms with Crippen LogP contribution in [0, 0.1) is 5.92 Å². The molecule has 2 aromatic rings. The molecule has 0 saturated carbocycles. The summed E-state index contributed by atoms with van der Waals surface area (Å²) in [5.41, 5.74) is 2.73. The fourth-order valence-electron chi connectivity index (χ4n) is 2.66. The summed E-state index contributed by atoms with van der Waals surface area (Å²) >= 11 is 0. The molecular weight excluding hydrogens is 316 g/mol. The zero-order valence-electron chi connectivity index (χ0n) is 15.3. The second-order valence-corrected chi connectivity index (χ2v) is 6.71. The van der Waals surface area contributed by atoms with Gasteiger partial charge in [0.05, 0.1) is 6.04 Å². The summed E-state index contributed by atoms with van der Waals surface area (Å²) in [4.78, 5) is 23.9. The molecule has 0 spiro atoms. The Morgan fingerprint density at radius 1 is 1.12 bits per heavy atom. The molecule has 0 fully saturated rings. The van der Waals surface area contributed by atoms with Crippen LogP contribution >= 0.6 is 0 Å². The number of ether oxygens (including phenoxy) is 1. The van der Waals surface area contributed by atoms with E-state index in [1.165, 1.54) is 5.56 Å². The number of benzene rings is 1. The first kappa shape index (κ1) is 18.8. The van der Waals surface area contributed by atoms with Crippen molar-refractivity contribution in [1.29, 1.82) is 0 Å². The number of hydrogen-bond donors (Lipinski definition) is 1. The Bertz CT molecular complexity index is 717. The van der Waals surface area contributed by atoms with Crippen LogP contribution in [-0.2, 0) is 23.0 Å². The van der Waals surface area contributed by atoms with E-state index < -0.39 is 5.97 Å². The fourth-order valence-corrected chi connectivity index (χ4v) is 2.66. The summed E-state index contributed by atoms with van der Waals surface area (Å²) < 4.78 is 6.71. The molecule has 1 aromatic heterocycles. The monoisotopic (exact) mass is 342 g/mol. The molecule has 134 valence electrons. The van der Waals surface area contributed by atoms with Crippen molar-refractivity contribution in [3.8, 4) is 0 Å². The van der Waals surface area contributed by atoms with Crippen LogP contribution in [0.1, 0.15) is 48.4 Å². The van der Waals surface area contributed by atoms with Crippen LogP contribution in [0.2, 0.25) is 0 Å². The van der Waals surface area contributed by atoms with E-state index in [0.717, 1.165) is 12.0 Å². The predicted molar refractivity (Wildman–Crippen MR) is 97.2 cm³/mol. The van der Waals surface area contributed by atoms with Gasteiger partial charge in [0.15, 0.2) is 6.61 Å². The normalized spacial score (nSPS) is 12.0. The molecule has 1 N–H and O–H groups in total. The molecule has 1 heterocycles. The third kappa shape index (κ3) is 5.48. The van der Waals surface area contributed by atoms with E-state index in [9.17, 15) is 9.59 Å². The maximum atomic E-state index is 12.0. The largest absolute Gasteiger partial charge is 0.451 e. The predicted octanol–water partition coefficient (Wildman–Crippen LogP) is 3.26. The fraction of sp³-hybridized carbons (Fsp3) is 0.400. The van der Waals surface area contributed by atoms with Gasteiger partial charge in [0.2, 0.25) is 0 Å². The summed E-state index contributed by atoms with van der Waals surface area (Å²) in [7, 11) is 1.75. The molecule has 1 amide bonds. The molecule has 2 rings (SSSR count). The number of rotatable bonds is 7. The van der Waals surface area contributed by atoms with Gasteiger partial charge in [-0.2, -0.15) is 0 Å². The Morgan fingerprint density at radius 2 is 1.80 bits per heavy atom. The van der Waals surface area contributed by atoms with Crippen LogP contribution in [0.25, 0.3) is 0 Å². The molecule has 5 heteroatoms. The Labute approximate surface area is 149 Å². The number of aromatic nitrogens is 1. The lowest BCUT2D eigenvalue weighted by molar-refractivity contribution is -0.124. The molecule has 25 heavy (non-hydrogen) atoms. The number of amides is 1. The van der Waals surface area contributed by atoms with E-state index in [0.29, 0.717) is 11.6 Å². The van der Waals surface area contributed by atoms with Crippen LogP contribution in [0.15, 0.2) is 42.6 Å². The highest BCUT2D eigenvalue weighted by atomic mass is 16.5. The highest BCUT2D eigenvalue weighted by molar-refractivity contribution is 5.90. The third-order valence-corrected chi connectivity index (χ3v) is 3.99. The Kier molecular flexibility index (Phi) is 6.39. The van der Waals surface area contributed by atoms with Crippen LogP contribution < -0.4 is 5.32 Å². The SMILES string of the molecule is CC(C)Cc1ccc([C@H](C)NC(=O)COC(=O)c2cccn2C)cc1. The number of aryl methyl sites for hydroxylation is 1. The summed E-state index contributed by atoms with van der Waals surface area (Å²) in [5, 5.41) is 2.85. The van der Waals surface area contributed by atoms with Crippen molar-refractivity contribution in [2.75, 3.05) is 6.61 Å². The third-order valence-electron chi connectivity index (χ3n) is 3.99. The second kappa shape index (κ2) is 8.51. The number of nitrogens with zero attached hydrogens (tertiary/aromatic N) is 1. The number of carbonyl (C=O) groups is 2. The Hall–Kier alpha value is -2.56. The van der Waals surface area contributed by atoms with Gasteiger partial charge < -0.3 is 14.6 Å². The average Bonchev–Trinajstić information content (AvgIpc) is 2.99. The maximum absolute atomic E-state index is 12.0. The van der Waals surface area contributed by atoms with Gasteiger partial charge >= 0.3 is 5.97 Å². The van der Waals surface area contributed by atoms with Crippen molar-refractivity contribution in [2.45, 2.75) is 33.2 Å². The van der Waals surface area contributed by atoms with Crippen molar-refractivity contribution in [2.24, 2.45) is 13.0 Å². The molecule has 1 atom stereocenters. The molecule has 0 radical (unpaired) electrons. The van der Waals surface area contributed by atoms with Gasteiger partial charge in [-0.15, -0.1) is 0 Å². The van der Waals surface area contributed by atoms with Crippen LogP contribution in [-0.4, -0.2) is 23.1 Å². The quantitative estimate of drug-likeness (QED) is 0.786. The molecular formula is C20H26N2O3. The van der Waals surface area contributed by atoms with Crippen molar-refractivity contribution in [1.82, 2.24) is 9.88 Å². The Morgan fingerprint density at radius 3 is 2.36 bits per heavy atom. The number of carbonyl (C=O) groups excluding carboxylic acids is 2. The molecule has 0 aliphatic rings. The molecule has 5 nitrogen and oxygen atoms in total. The van der Waals surface area contributed by atoms with E-state index in [2.05, 4.69) is 31.3 Å². The van der Waals surface area contributed by atoms with Gasteiger partial charge in [0, 0.05) is 13.2 Å². The zero-order valence-corrected chi connectivity index (χ0v) is 15.3. The lowest BCUT2D eigenvalue weighted by Crippen LogP contribution is -2.31. The zero-order chi connectivity index (χ0) is 18.4. The van der Waals surface area contributed by atoms with E-state index in [1.54, 1.807) is 29.9 Å². The molecule has 0 aliphatic carbocycles. The van der Waals surface area contributed by atoms with Crippen molar-refractivity contribution < 1.29 is 14.3 Å². The minimum atomic E-state index is -0.506. The molecule has 0 unspecified atom stereocenters. The Balaban J connectivity index is 1.83. The maximum Gasteiger partial charge on any atom is 0.355 e. The van der Waals surface area contributed by atoms with Gasteiger partial charge in [0.1, 0.15) is 5.69 Å². The first-order valence-corrected chi connectivity index (χ1v) is 8.53. The number of nitrogens with one attached hydrogen (secondary N) is 1. The lowest BCUT2D eigenvalue weighted by atomic mass is 10.00. The molecule has 1 aromatic carbocycles. The first-order chi connectivity index (χ1) is 11.9. The van der Waals surface area contributed by atoms with Crippen molar-refractivity contribution >= 4 is 11.9 Å². The summed E-state index contributed by atoms with van der Waals surface area (Å²) in [6, 6.07) is 11.5. The van der Waals surface area contributed by atoms with Crippen molar-refractivity contribution in [3.63, 3.8) is 0 Å². The lowest BCUT2D eigenvalue weighted by Gasteiger charge is -2.15. The average molecular weight is 342 g/mol. The van der Waals surface area contributed by atoms with Gasteiger partial charge in [-0.25, -0.2) is 4.79 Å². The summed E-state index contributed by atoms with van der Waals surface area (Å²) in [5.74, 6) is -0.212. The number of esters is 1. The summed E-state index contributed by atoms with van der Waals surface area (Å²) in [6.07, 6.45) is 2.79. The van der Waals surface area contributed by atoms with E-state index in [-0.39, 0.29) is 18.6 Å². The first-order valence-electron chi connectivity index (χ1n) is 8.53. The van der Waals surface area contributed by atoms with Gasteiger partial charge in [-0.3, -0.25) is 4.79 Å². The number of hydrogen-bond acceptors (Lipinski definition) is 3. The van der Waals surface area contributed by atoms with Crippen molar-refractivity contribution in [3.05, 3.63) is 59.4 Å². The topological polar surface area (TPSA) is 60.3 Å². The minimum Gasteiger partial charge on any atom is -0.451 e. The van der Waals surface area contributed by atoms with Crippen LogP contribution in [0.4, 0.5) is 0 Å². The molecule has 0 saturated heterocycles.